The van der Waals surface area contributed by atoms with Crippen LogP contribution in [0.1, 0.15) is 12.8 Å². The van der Waals surface area contributed by atoms with Crippen molar-refractivity contribution in [2.45, 2.75) is 17.3 Å². The number of rotatable bonds is 1. The van der Waals surface area contributed by atoms with Gasteiger partial charge >= 0.3 is 0 Å². The maximum atomic E-state index is 6.12. The average Bonchev–Trinajstić information content (AvgIpc) is 2.47. The Morgan fingerprint density at radius 1 is 1.38 bits per heavy atom. The molecule has 1 aromatic rings. The van der Waals surface area contributed by atoms with Gasteiger partial charge in [0, 0.05) is 19.2 Å². The third-order valence-corrected chi connectivity index (χ3v) is 2.97. The minimum Gasteiger partial charge on any atom is -0.325 e. The molecule has 1 aromatic heterocycles. The topological polar surface area (TPSA) is 16.1 Å². The largest absolute Gasteiger partial charge is 0.325 e. The van der Waals surface area contributed by atoms with E-state index in [1.807, 2.05) is 23.1 Å². The van der Waals surface area contributed by atoms with Crippen LogP contribution in [-0.4, -0.2) is 16.0 Å². The van der Waals surface area contributed by atoms with Crippen molar-refractivity contribution in [1.82, 2.24) is 4.98 Å². The fraction of sp³-hybridized carbons (Fsp3) is 0.444. The van der Waals surface area contributed by atoms with Gasteiger partial charge in [-0.2, -0.15) is 0 Å². The van der Waals surface area contributed by atoms with Crippen molar-refractivity contribution < 1.29 is 0 Å². The molecule has 1 aliphatic heterocycles. The molecule has 2 heterocycles. The average molecular weight is 217 g/mol. The van der Waals surface area contributed by atoms with Gasteiger partial charge in [-0.25, -0.2) is 4.98 Å². The van der Waals surface area contributed by atoms with Gasteiger partial charge in [-0.3, -0.25) is 0 Å². The number of pyridine rings is 1. The predicted octanol–water partition coefficient (Wildman–Crippen LogP) is 2.81. The lowest BCUT2D eigenvalue weighted by Crippen LogP contribution is -2.33. The molecule has 0 amide bonds. The number of alkyl halides is 2. The summed E-state index contributed by atoms with van der Waals surface area (Å²) in [5.74, 6) is 0.852. The van der Waals surface area contributed by atoms with Gasteiger partial charge in [-0.15, -0.1) is 0 Å². The lowest BCUT2D eigenvalue weighted by atomic mass is 10.4. The molecule has 1 saturated heterocycles. The van der Waals surface area contributed by atoms with Gasteiger partial charge in [0.25, 0.3) is 0 Å². The van der Waals surface area contributed by atoms with E-state index in [1.54, 1.807) is 6.20 Å². The molecule has 0 unspecified atom stereocenters. The highest BCUT2D eigenvalue weighted by atomic mass is 35.5. The van der Waals surface area contributed by atoms with Crippen LogP contribution in [0.2, 0.25) is 0 Å². The predicted molar refractivity (Wildman–Crippen MR) is 55.3 cm³/mol. The van der Waals surface area contributed by atoms with Crippen LogP contribution >= 0.6 is 23.2 Å². The van der Waals surface area contributed by atoms with Gasteiger partial charge in [-0.1, -0.05) is 29.3 Å². The standard InChI is InChI=1S/C9H10Cl2N2/c10-9(11)5-3-7-13(9)8-4-1-2-6-12-8/h1-2,4,6H,3,5,7H2. The van der Waals surface area contributed by atoms with E-state index >= 15 is 0 Å². The maximum Gasteiger partial charge on any atom is 0.191 e. The van der Waals surface area contributed by atoms with Crippen molar-refractivity contribution in [2.75, 3.05) is 11.4 Å². The summed E-state index contributed by atoms with van der Waals surface area (Å²) >= 11 is 12.2. The first kappa shape index (κ1) is 9.10. The third kappa shape index (κ3) is 1.74. The van der Waals surface area contributed by atoms with Gasteiger partial charge in [0.05, 0.1) is 0 Å². The van der Waals surface area contributed by atoms with E-state index in [4.69, 9.17) is 23.2 Å². The normalized spacial score (nSPS) is 20.6. The molecule has 4 heteroatoms. The fourth-order valence-electron chi connectivity index (χ4n) is 1.54. The summed E-state index contributed by atoms with van der Waals surface area (Å²) in [5.41, 5.74) is 0. The Labute approximate surface area is 87.5 Å². The highest BCUT2D eigenvalue weighted by Gasteiger charge is 2.37. The van der Waals surface area contributed by atoms with Gasteiger partial charge in [0.2, 0.25) is 0 Å². The van der Waals surface area contributed by atoms with Gasteiger partial charge in [0.15, 0.2) is 4.46 Å². The number of hydrogen-bond acceptors (Lipinski definition) is 2. The van der Waals surface area contributed by atoms with Crippen molar-refractivity contribution >= 4 is 29.0 Å². The minimum absolute atomic E-state index is 0.769. The summed E-state index contributed by atoms with van der Waals surface area (Å²) < 4.78 is -0.769. The number of anilines is 1. The molecule has 2 nitrogen and oxygen atoms in total. The van der Waals surface area contributed by atoms with Crippen molar-refractivity contribution in [2.24, 2.45) is 0 Å². The van der Waals surface area contributed by atoms with Crippen LogP contribution < -0.4 is 4.90 Å². The quantitative estimate of drug-likeness (QED) is 0.531. The van der Waals surface area contributed by atoms with Crippen LogP contribution in [-0.2, 0) is 0 Å². The summed E-state index contributed by atoms with van der Waals surface area (Å²) in [6.45, 7) is 0.879. The zero-order valence-electron chi connectivity index (χ0n) is 7.08. The van der Waals surface area contributed by atoms with E-state index in [0.717, 1.165) is 25.2 Å². The smallest absolute Gasteiger partial charge is 0.191 e. The summed E-state index contributed by atoms with van der Waals surface area (Å²) in [5, 5.41) is 0. The molecule has 0 aliphatic carbocycles. The molecule has 13 heavy (non-hydrogen) atoms. The zero-order chi connectivity index (χ0) is 9.31. The monoisotopic (exact) mass is 216 g/mol. The molecule has 0 saturated carbocycles. The molecule has 70 valence electrons. The molecule has 0 radical (unpaired) electrons. The summed E-state index contributed by atoms with van der Waals surface area (Å²) in [6.07, 6.45) is 3.56. The number of aromatic nitrogens is 1. The summed E-state index contributed by atoms with van der Waals surface area (Å²) in [7, 11) is 0. The van der Waals surface area contributed by atoms with E-state index in [2.05, 4.69) is 4.98 Å². The molecule has 0 atom stereocenters. The van der Waals surface area contributed by atoms with Crippen molar-refractivity contribution in [3.05, 3.63) is 24.4 Å². The lowest BCUT2D eigenvalue weighted by Gasteiger charge is -2.27. The van der Waals surface area contributed by atoms with E-state index in [1.165, 1.54) is 0 Å². The van der Waals surface area contributed by atoms with Gasteiger partial charge in [-0.05, 0) is 18.6 Å². The SMILES string of the molecule is ClC1(Cl)CCCN1c1ccccn1. The van der Waals surface area contributed by atoms with Crippen LogP contribution in [0.5, 0.6) is 0 Å². The van der Waals surface area contributed by atoms with E-state index in [0.29, 0.717) is 0 Å². The first-order valence-corrected chi connectivity index (χ1v) is 5.02. The molecule has 2 rings (SSSR count). The minimum atomic E-state index is -0.769. The second-order valence-corrected chi connectivity index (χ2v) is 4.55. The Hall–Kier alpha value is -0.470. The van der Waals surface area contributed by atoms with E-state index in [-0.39, 0.29) is 0 Å². The van der Waals surface area contributed by atoms with Crippen LogP contribution in [0.3, 0.4) is 0 Å². The molecule has 0 bridgehead atoms. The Morgan fingerprint density at radius 2 is 2.23 bits per heavy atom. The number of halogens is 2. The summed E-state index contributed by atoms with van der Waals surface area (Å²) in [6, 6.07) is 5.74. The Bertz CT molecular complexity index is 287. The Balaban J connectivity index is 2.27. The van der Waals surface area contributed by atoms with Gasteiger partial charge < -0.3 is 4.90 Å². The van der Waals surface area contributed by atoms with E-state index < -0.39 is 4.46 Å². The van der Waals surface area contributed by atoms with Crippen molar-refractivity contribution in [1.29, 1.82) is 0 Å². The second kappa shape index (κ2) is 3.35. The molecule has 1 fully saturated rings. The first-order chi connectivity index (χ1) is 6.20. The van der Waals surface area contributed by atoms with Crippen molar-refractivity contribution in [3.8, 4) is 0 Å². The van der Waals surface area contributed by atoms with Crippen LogP contribution in [0.4, 0.5) is 5.82 Å². The van der Waals surface area contributed by atoms with E-state index in [9.17, 15) is 0 Å². The number of nitrogens with zero attached hydrogens (tertiary/aromatic N) is 2. The highest BCUT2D eigenvalue weighted by molar-refractivity contribution is 6.49. The molecule has 0 aromatic carbocycles. The van der Waals surface area contributed by atoms with Gasteiger partial charge in [0.1, 0.15) is 5.82 Å². The van der Waals surface area contributed by atoms with Crippen molar-refractivity contribution in [3.63, 3.8) is 0 Å². The van der Waals surface area contributed by atoms with Crippen LogP contribution in [0.15, 0.2) is 24.4 Å². The van der Waals surface area contributed by atoms with Crippen LogP contribution in [0, 0.1) is 0 Å². The molecular formula is C9H10Cl2N2. The summed E-state index contributed by atoms with van der Waals surface area (Å²) in [4.78, 5) is 6.14. The zero-order valence-corrected chi connectivity index (χ0v) is 8.59. The van der Waals surface area contributed by atoms with Crippen LogP contribution in [0.25, 0.3) is 0 Å². The lowest BCUT2D eigenvalue weighted by molar-refractivity contribution is 0.796. The molecule has 0 N–H and O–H groups in total. The number of hydrogen-bond donors (Lipinski definition) is 0. The molecule has 1 aliphatic rings. The third-order valence-electron chi connectivity index (χ3n) is 2.18. The molecular weight excluding hydrogens is 207 g/mol. The maximum absolute atomic E-state index is 6.12. The fourth-order valence-corrected chi connectivity index (χ4v) is 2.15. The second-order valence-electron chi connectivity index (χ2n) is 3.11. The highest BCUT2D eigenvalue weighted by Crippen LogP contribution is 2.39. The molecule has 0 spiro atoms. The Kier molecular flexibility index (Phi) is 2.35. The first-order valence-electron chi connectivity index (χ1n) is 4.27. The Morgan fingerprint density at radius 3 is 2.77 bits per heavy atom.